The van der Waals surface area contributed by atoms with E-state index in [0.29, 0.717) is 6.07 Å². The Kier molecular flexibility index (Phi) is 4.12. The Morgan fingerprint density at radius 1 is 1.50 bits per heavy atom. The monoisotopic (exact) mass is 265 g/mol. The van der Waals surface area contributed by atoms with Crippen LogP contribution in [0.25, 0.3) is 0 Å². The molecule has 1 N–H and O–H groups in total. The number of alkyl halides is 3. The van der Waals surface area contributed by atoms with Gasteiger partial charge in [-0.15, -0.1) is 0 Å². The van der Waals surface area contributed by atoms with Gasteiger partial charge in [-0.2, -0.15) is 13.2 Å². The predicted molar refractivity (Wildman–Crippen MR) is 55.3 cm³/mol. The van der Waals surface area contributed by atoms with Crippen LogP contribution in [0, 0.1) is 10.1 Å². The van der Waals surface area contributed by atoms with Crippen LogP contribution in [0.15, 0.2) is 18.2 Å². The average molecular weight is 265 g/mol. The van der Waals surface area contributed by atoms with Crippen molar-refractivity contribution in [3.8, 4) is 5.75 Å². The molecule has 1 aromatic rings. The van der Waals surface area contributed by atoms with Crippen LogP contribution in [0.3, 0.4) is 0 Å². The van der Waals surface area contributed by atoms with Crippen molar-refractivity contribution in [2.24, 2.45) is 0 Å². The third-order valence-electron chi connectivity index (χ3n) is 2.11. The first-order chi connectivity index (χ1) is 8.27. The molecular formula is C10H10F3NO4. The van der Waals surface area contributed by atoms with Crippen LogP contribution in [0.1, 0.15) is 18.6 Å². The highest BCUT2D eigenvalue weighted by atomic mass is 19.4. The fraction of sp³-hybridized carbons (Fsp3) is 0.400. The number of nitro benzene ring substituents is 1. The number of hydrogen-bond donors (Lipinski definition) is 1. The fourth-order valence-electron chi connectivity index (χ4n) is 1.31. The third kappa shape index (κ3) is 3.10. The molecule has 100 valence electrons. The fourth-order valence-corrected chi connectivity index (χ4v) is 1.31. The van der Waals surface area contributed by atoms with Crippen molar-refractivity contribution in [2.45, 2.75) is 19.2 Å². The molecule has 0 heterocycles. The normalized spacial score (nSPS) is 13.2. The Morgan fingerprint density at radius 3 is 2.56 bits per heavy atom. The van der Waals surface area contributed by atoms with Crippen molar-refractivity contribution in [3.63, 3.8) is 0 Å². The first-order valence-corrected chi connectivity index (χ1v) is 4.93. The SMILES string of the molecule is CCOc1ccc(C(O)C(F)(F)F)cc1[N+](=O)[O-]. The molecule has 0 saturated carbocycles. The maximum Gasteiger partial charge on any atom is 0.418 e. The minimum absolute atomic E-state index is 0.138. The Hall–Kier alpha value is -1.83. The highest BCUT2D eigenvalue weighted by Gasteiger charge is 2.40. The summed E-state index contributed by atoms with van der Waals surface area (Å²) in [5.74, 6) is -0.138. The third-order valence-corrected chi connectivity index (χ3v) is 2.11. The standard InChI is InChI=1S/C10H10F3NO4/c1-2-18-8-4-3-6(5-7(8)14(16)17)9(15)10(11,12)13/h3-5,9,15H,2H2,1H3. The summed E-state index contributed by atoms with van der Waals surface area (Å²) in [7, 11) is 0. The molecule has 0 aromatic heterocycles. The molecule has 5 nitrogen and oxygen atoms in total. The van der Waals surface area contributed by atoms with Crippen LogP contribution in [-0.2, 0) is 0 Å². The molecule has 0 fully saturated rings. The summed E-state index contributed by atoms with van der Waals surface area (Å²) < 4.78 is 41.7. The van der Waals surface area contributed by atoms with E-state index >= 15 is 0 Å². The summed E-state index contributed by atoms with van der Waals surface area (Å²) in [5, 5.41) is 19.7. The van der Waals surface area contributed by atoms with E-state index in [0.717, 1.165) is 12.1 Å². The zero-order valence-corrected chi connectivity index (χ0v) is 9.27. The lowest BCUT2D eigenvalue weighted by atomic mass is 10.1. The number of hydrogen-bond acceptors (Lipinski definition) is 4. The van der Waals surface area contributed by atoms with Gasteiger partial charge in [0.1, 0.15) is 0 Å². The molecule has 0 aliphatic carbocycles. The van der Waals surface area contributed by atoms with Gasteiger partial charge in [-0.05, 0) is 18.6 Å². The van der Waals surface area contributed by atoms with Crippen LogP contribution in [0.4, 0.5) is 18.9 Å². The molecule has 1 unspecified atom stereocenters. The van der Waals surface area contributed by atoms with Gasteiger partial charge in [0.25, 0.3) is 0 Å². The molecule has 0 amide bonds. The van der Waals surface area contributed by atoms with E-state index in [9.17, 15) is 23.3 Å². The molecule has 8 heteroatoms. The quantitative estimate of drug-likeness (QED) is 0.670. The second-order valence-electron chi connectivity index (χ2n) is 3.36. The predicted octanol–water partition coefficient (Wildman–Crippen LogP) is 2.59. The summed E-state index contributed by atoms with van der Waals surface area (Å²) >= 11 is 0. The van der Waals surface area contributed by atoms with Crippen LogP contribution >= 0.6 is 0 Å². The molecule has 1 atom stereocenters. The Bertz CT molecular complexity index is 447. The molecule has 0 spiro atoms. The molecule has 0 saturated heterocycles. The van der Waals surface area contributed by atoms with Gasteiger partial charge in [-0.1, -0.05) is 6.07 Å². The van der Waals surface area contributed by atoms with Gasteiger partial charge in [-0.25, -0.2) is 0 Å². The van der Waals surface area contributed by atoms with E-state index in [2.05, 4.69) is 0 Å². The van der Waals surface area contributed by atoms with Crippen molar-refractivity contribution < 1.29 is 27.9 Å². The zero-order chi connectivity index (χ0) is 13.9. The molecule has 0 aliphatic rings. The Balaban J connectivity index is 3.19. The highest BCUT2D eigenvalue weighted by Crippen LogP contribution is 2.36. The summed E-state index contributed by atoms with van der Waals surface area (Å²) in [4.78, 5) is 9.82. The average Bonchev–Trinajstić information content (AvgIpc) is 2.27. The molecule has 1 rings (SSSR count). The van der Waals surface area contributed by atoms with Crippen molar-refractivity contribution in [3.05, 3.63) is 33.9 Å². The largest absolute Gasteiger partial charge is 0.487 e. The van der Waals surface area contributed by atoms with Gasteiger partial charge in [0.2, 0.25) is 0 Å². The van der Waals surface area contributed by atoms with Crippen molar-refractivity contribution in [2.75, 3.05) is 6.61 Å². The van der Waals surface area contributed by atoms with Crippen LogP contribution in [-0.4, -0.2) is 22.8 Å². The van der Waals surface area contributed by atoms with Gasteiger partial charge in [-0.3, -0.25) is 10.1 Å². The van der Waals surface area contributed by atoms with Crippen molar-refractivity contribution >= 4 is 5.69 Å². The highest BCUT2D eigenvalue weighted by molar-refractivity contribution is 5.49. The summed E-state index contributed by atoms with van der Waals surface area (Å²) in [6, 6.07) is 2.63. The van der Waals surface area contributed by atoms with Crippen molar-refractivity contribution in [1.82, 2.24) is 0 Å². The zero-order valence-electron chi connectivity index (χ0n) is 9.27. The molecular weight excluding hydrogens is 255 g/mol. The molecule has 18 heavy (non-hydrogen) atoms. The number of benzene rings is 1. The summed E-state index contributed by atoms with van der Waals surface area (Å²) in [6.07, 6.45) is -7.63. The van der Waals surface area contributed by atoms with Crippen LogP contribution in [0.5, 0.6) is 5.75 Å². The minimum atomic E-state index is -4.87. The van der Waals surface area contributed by atoms with Crippen LogP contribution < -0.4 is 4.74 Å². The lowest BCUT2D eigenvalue weighted by molar-refractivity contribution is -0.386. The summed E-state index contributed by atoms with van der Waals surface area (Å²) in [5.41, 5.74) is -1.21. The molecule has 0 aliphatic heterocycles. The van der Waals surface area contributed by atoms with E-state index in [1.165, 1.54) is 0 Å². The van der Waals surface area contributed by atoms with Crippen molar-refractivity contribution in [1.29, 1.82) is 0 Å². The van der Waals surface area contributed by atoms with Crippen LogP contribution in [0.2, 0.25) is 0 Å². The Labute approximate surface area is 99.9 Å². The number of halogens is 3. The van der Waals surface area contributed by atoms with E-state index in [-0.39, 0.29) is 12.4 Å². The van der Waals surface area contributed by atoms with E-state index in [1.54, 1.807) is 6.92 Å². The molecule has 0 bridgehead atoms. The molecule has 1 aromatic carbocycles. The topological polar surface area (TPSA) is 72.6 Å². The second-order valence-corrected chi connectivity index (χ2v) is 3.36. The smallest absolute Gasteiger partial charge is 0.418 e. The number of nitrogens with zero attached hydrogens (tertiary/aromatic N) is 1. The van der Waals surface area contributed by atoms with E-state index < -0.39 is 28.5 Å². The van der Waals surface area contributed by atoms with Gasteiger partial charge >= 0.3 is 11.9 Å². The summed E-state index contributed by atoms with van der Waals surface area (Å²) in [6.45, 7) is 1.73. The number of aliphatic hydroxyl groups is 1. The number of rotatable bonds is 4. The molecule has 0 radical (unpaired) electrons. The van der Waals surface area contributed by atoms with E-state index in [1.807, 2.05) is 0 Å². The maximum absolute atomic E-state index is 12.3. The van der Waals surface area contributed by atoms with Gasteiger partial charge in [0.05, 0.1) is 11.5 Å². The van der Waals surface area contributed by atoms with Gasteiger partial charge < -0.3 is 9.84 Å². The lowest BCUT2D eigenvalue weighted by Gasteiger charge is -2.15. The number of aliphatic hydroxyl groups excluding tert-OH is 1. The first-order valence-electron chi connectivity index (χ1n) is 4.93. The van der Waals surface area contributed by atoms with E-state index in [4.69, 9.17) is 9.84 Å². The van der Waals surface area contributed by atoms with Gasteiger partial charge in [0.15, 0.2) is 11.9 Å². The number of ether oxygens (including phenoxy) is 1. The lowest BCUT2D eigenvalue weighted by Crippen LogP contribution is -2.20. The maximum atomic E-state index is 12.3. The Morgan fingerprint density at radius 2 is 2.11 bits per heavy atom. The second kappa shape index (κ2) is 5.21. The minimum Gasteiger partial charge on any atom is -0.487 e. The number of nitro groups is 1. The van der Waals surface area contributed by atoms with Gasteiger partial charge in [0, 0.05) is 6.07 Å². The first kappa shape index (κ1) is 14.2.